The number of fused-ring (bicyclic) bond motifs is 2. The van der Waals surface area contributed by atoms with Gasteiger partial charge in [0, 0.05) is 10.8 Å². The summed E-state index contributed by atoms with van der Waals surface area (Å²) in [6.45, 7) is 4.05. The summed E-state index contributed by atoms with van der Waals surface area (Å²) in [4.78, 5) is 0. The lowest BCUT2D eigenvalue weighted by Gasteiger charge is -2.20. The van der Waals surface area contributed by atoms with Crippen molar-refractivity contribution in [1.29, 1.82) is 0 Å². The molecular weight excluding hydrogens is 283 g/mol. The SMILES string of the molecule is CCOP(=O)(CC)OC1=c2ccccc2=C2CC=CC=C21. The van der Waals surface area contributed by atoms with Gasteiger partial charge in [-0.3, -0.25) is 0 Å². The maximum absolute atomic E-state index is 12.7. The standard InChI is InChI=1S/C17H19O3P/c1-3-19-21(18,4-2)20-17-15-11-7-5-9-13(15)14-10-6-8-12-16(14)17/h5-9,11-12H,3-4,10H2,1-2H3. The number of hydrogen-bond donors (Lipinski definition) is 0. The summed E-state index contributed by atoms with van der Waals surface area (Å²) >= 11 is 0. The molecule has 21 heavy (non-hydrogen) atoms. The summed E-state index contributed by atoms with van der Waals surface area (Å²) in [5.41, 5.74) is 2.27. The molecule has 0 aliphatic heterocycles. The Kier molecular flexibility index (Phi) is 3.88. The van der Waals surface area contributed by atoms with Crippen molar-refractivity contribution >= 4 is 18.9 Å². The molecule has 0 N–H and O–H groups in total. The molecule has 0 heterocycles. The first-order valence-electron chi connectivity index (χ1n) is 7.32. The summed E-state index contributed by atoms with van der Waals surface area (Å²) in [5.74, 6) is 0.698. The van der Waals surface area contributed by atoms with Crippen LogP contribution in [0.4, 0.5) is 0 Å². The van der Waals surface area contributed by atoms with Crippen LogP contribution >= 0.6 is 7.60 Å². The van der Waals surface area contributed by atoms with Gasteiger partial charge in [0.1, 0.15) is 5.76 Å². The zero-order valence-corrected chi connectivity index (χ0v) is 13.2. The Morgan fingerprint density at radius 1 is 1.19 bits per heavy atom. The fourth-order valence-electron chi connectivity index (χ4n) is 2.73. The normalized spacial score (nSPS) is 18.9. The van der Waals surface area contributed by atoms with Gasteiger partial charge in [-0.25, -0.2) is 4.57 Å². The molecule has 1 aromatic carbocycles. The summed E-state index contributed by atoms with van der Waals surface area (Å²) in [6, 6.07) is 8.10. The van der Waals surface area contributed by atoms with Crippen LogP contribution in [0.2, 0.25) is 0 Å². The van der Waals surface area contributed by atoms with E-state index in [4.69, 9.17) is 9.05 Å². The third-order valence-electron chi connectivity index (χ3n) is 3.73. The average Bonchev–Trinajstić information content (AvgIpc) is 2.83. The van der Waals surface area contributed by atoms with E-state index in [2.05, 4.69) is 12.1 Å². The molecule has 0 amide bonds. The van der Waals surface area contributed by atoms with Gasteiger partial charge in [-0.2, -0.15) is 0 Å². The van der Waals surface area contributed by atoms with E-state index >= 15 is 0 Å². The van der Waals surface area contributed by atoms with E-state index in [1.54, 1.807) is 0 Å². The van der Waals surface area contributed by atoms with Crippen LogP contribution in [0.15, 0.2) is 48.1 Å². The van der Waals surface area contributed by atoms with Gasteiger partial charge in [0.05, 0.1) is 12.8 Å². The van der Waals surface area contributed by atoms with Crippen molar-refractivity contribution in [3.63, 3.8) is 0 Å². The van der Waals surface area contributed by atoms with Crippen molar-refractivity contribution in [2.75, 3.05) is 12.8 Å². The van der Waals surface area contributed by atoms with Gasteiger partial charge in [0.15, 0.2) is 0 Å². The van der Waals surface area contributed by atoms with Crippen molar-refractivity contribution in [2.24, 2.45) is 0 Å². The molecule has 1 atom stereocenters. The Hall–Kier alpha value is -1.57. The van der Waals surface area contributed by atoms with Crippen LogP contribution in [0.5, 0.6) is 0 Å². The molecule has 2 aliphatic carbocycles. The smallest absolute Gasteiger partial charge is 0.378 e. The van der Waals surface area contributed by atoms with Crippen LogP contribution in [0, 0.1) is 0 Å². The molecule has 110 valence electrons. The molecular formula is C17H19O3P. The molecule has 0 bridgehead atoms. The molecule has 0 saturated carbocycles. The van der Waals surface area contributed by atoms with E-state index in [1.165, 1.54) is 10.8 Å². The number of hydrogen-bond acceptors (Lipinski definition) is 3. The van der Waals surface area contributed by atoms with E-state index < -0.39 is 7.60 Å². The van der Waals surface area contributed by atoms with Crippen LogP contribution in [0.1, 0.15) is 20.3 Å². The minimum absolute atomic E-state index is 0.366. The zero-order valence-electron chi connectivity index (χ0n) is 12.3. The second-order valence-corrected chi connectivity index (χ2v) is 7.30. The third kappa shape index (κ3) is 2.52. The van der Waals surface area contributed by atoms with Crippen LogP contribution in [-0.4, -0.2) is 12.8 Å². The highest BCUT2D eigenvalue weighted by molar-refractivity contribution is 7.54. The van der Waals surface area contributed by atoms with Crippen molar-refractivity contribution in [3.05, 3.63) is 58.5 Å². The largest absolute Gasteiger partial charge is 0.423 e. The molecule has 3 nitrogen and oxygen atoms in total. The monoisotopic (exact) mass is 302 g/mol. The Morgan fingerprint density at radius 3 is 2.67 bits per heavy atom. The maximum atomic E-state index is 12.7. The summed E-state index contributed by atoms with van der Waals surface area (Å²) in [6.07, 6.45) is 7.41. The number of benzene rings is 1. The molecule has 2 aliphatic rings. The van der Waals surface area contributed by atoms with Crippen LogP contribution in [0.3, 0.4) is 0 Å². The second kappa shape index (κ2) is 5.67. The van der Waals surface area contributed by atoms with Gasteiger partial charge in [-0.15, -0.1) is 0 Å². The number of allylic oxidation sites excluding steroid dienone is 3. The average molecular weight is 302 g/mol. The molecule has 0 spiro atoms. The molecule has 1 unspecified atom stereocenters. The van der Waals surface area contributed by atoms with Crippen LogP contribution in [0.25, 0.3) is 11.3 Å². The molecule has 0 radical (unpaired) electrons. The highest BCUT2D eigenvalue weighted by atomic mass is 31.2. The van der Waals surface area contributed by atoms with E-state index in [0.29, 0.717) is 18.5 Å². The lowest BCUT2D eigenvalue weighted by molar-refractivity contribution is 0.270. The summed E-state index contributed by atoms with van der Waals surface area (Å²) < 4.78 is 24.0. The zero-order chi connectivity index (χ0) is 14.9. The lowest BCUT2D eigenvalue weighted by Crippen LogP contribution is -2.23. The van der Waals surface area contributed by atoms with Crippen molar-refractivity contribution in [1.82, 2.24) is 0 Å². The molecule has 0 fully saturated rings. The molecule has 0 aromatic heterocycles. The van der Waals surface area contributed by atoms with Crippen molar-refractivity contribution in [3.8, 4) is 0 Å². The molecule has 1 aromatic rings. The highest BCUT2D eigenvalue weighted by Crippen LogP contribution is 2.52. The van der Waals surface area contributed by atoms with E-state index in [0.717, 1.165) is 17.2 Å². The topological polar surface area (TPSA) is 35.5 Å². The molecule has 3 rings (SSSR count). The summed E-state index contributed by atoms with van der Waals surface area (Å²) in [7, 11) is -3.08. The first-order chi connectivity index (χ1) is 10.2. The van der Waals surface area contributed by atoms with E-state index in [9.17, 15) is 4.57 Å². The predicted octanol–water partition coefficient (Wildman–Crippen LogP) is 3.11. The Labute approximate surface area is 124 Å². The van der Waals surface area contributed by atoms with Gasteiger partial charge in [0.2, 0.25) is 0 Å². The highest BCUT2D eigenvalue weighted by Gasteiger charge is 2.29. The quantitative estimate of drug-likeness (QED) is 0.784. The van der Waals surface area contributed by atoms with Crippen molar-refractivity contribution in [2.45, 2.75) is 20.3 Å². The second-order valence-electron chi connectivity index (χ2n) is 5.00. The van der Waals surface area contributed by atoms with Gasteiger partial charge in [-0.1, -0.05) is 49.4 Å². The van der Waals surface area contributed by atoms with Crippen molar-refractivity contribution < 1.29 is 13.6 Å². The molecule has 4 heteroatoms. The Bertz CT molecular complexity index is 786. The first kappa shape index (κ1) is 14.4. The Morgan fingerprint density at radius 2 is 1.95 bits per heavy atom. The summed E-state index contributed by atoms with van der Waals surface area (Å²) in [5, 5.41) is 2.18. The predicted molar refractivity (Wildman–Crippen MR) is 85.2 cm³/mol. The van der Waals surface area contributed by atoms with Gasteiger partial charge in [-0.05, 0) is 24.1 Å². The van der Waals surface area contributed by atoms with Crippen LogP contribution in [-0.2, 0) is 13.6 Å². The Balaban J connectivity index is 2.15. The van der Waals surface area contributed by atoms with E-state index in [1.807, 2.05) is 44.2 Å². The minimum atomic E-state index is -3.08. The van der Waals surface area contributed by atoms with Gasteiger partial charge < -0.3 is 9.05 Å². The fraction of sp³-hybridized carbons (Fsp3) is 0.294. The van der Waals surface area contributed by atoms with Gasteiger partial charge in [0.25, 0.3) is 0 Å². The van der Waals surface area contributed by atoms with Gasteiger partial charge >= 0.3 is 7.60 Å². The number of rotatable bonds is 5. The first-order valence-corrected chi connectivity index (χ1v) is 9.04. The van der Waals surface area contributed by atoms with E-state index in [-0.39, 0.29) is 0 Å². The third-order valence-corrected chi connectivity index (χ3v) is 5.62. The minimum Gasteiger partial charge on any atom is -0.423 e. The van der Waals surface area contributed by atoms with Crippen LogP contribution < -0.4 is 10.4 Å². The molecule has 0 saturated heterocycles. The maximum Gasteiger partial charge on any atom is 0.378 e. The lowest BCUT2D eigenvalue weighted by atomic mass is 9.99. The fourth-order valence-corrected chi connectivity index (χ4v) is 3.97.